The summed E-state index contributed by atoms with van der Waals surface area (Å²) in [5.74, 6) is 0.195. The second-order valence-electron chi connectivity index (χ2n) is 3.75. The summed E-state index contributed by atoms with van der Waals surface area (Å²) in [4.78, 5) is 0. The predicted octanol–water partition coefficient (Wildman–Crippen LogP) is 3.25. The molecule has 0 saturated heterocycles. The second-order valence-corrected chi connectivity index (χ2v) is 4.16. The highest BCUT2D eigenvalue weighted by Gasteiger charge is 2.07. The zero-order chi connectivity index (χ0) is 12.0. The lowest BCUT2D eigenvalue weighted by atomic mass is 10.2. The van der Waals surface area contributed by atoms with Gasteiger partial charge in [0, 0.05) is 0 Å². The van der Waals surface area contributed by atoms with Crippen molar-refractivity contribution in [2.45, 2.75) is 25.9 Å². The third-order valence-electron chi connectivity index (χ3n) is 2.26. The van der Waals surface area contributed by atoms with Crippen LogP contribution in [0.3, 0.4) is 0 Å². The van der Waals surface area contributed by atoms with Crippen molar-refractivity contribution in [1.29, 1.82) is 0 Å². The van der Waals surface area contributed by atoms with E-state index in [9.17, 15) is 4.39 Å². The normalized spacial score (nSPS) is 12.5. The Morgan fingerprint density at radius 2 is 2.25 bits per heavy atom. The van der Waals surface area contributed by atoms with Crippen molar-refractivity contribution in [3.05, 3.63) is 29.0 Å². The van der Waals surface area contributed by atoms with Crippen LogP contribution in [0.2, 0.25) is 5.02 Å². The molecule has 0 amide bonds. The van der Waals surface area contributed by atoms with Gasteiger partial charge in [-0.1, -0.05) is 11.6 Å². The van der Waals surface area contributed by atoms with Gasteiger partial charge in [0.15, 0.2) is 0 Å². The van der Waals surface area contributed by atoms with Gasteiger partial charge >= 0.3 is 0 Å². The Balaban J connectivity index is 2.46. The first-order valence-electron chi connectivity index (χ1n) is 5.39. The highest BCUT2D eigenvalue weighted by Crippen LogP contribution is 2.26. The summed E-state index contributed by atoms with van der Waals surface area (Å²) >= 11 is 5.86. The molecule has 16 heavy (non-hydrogen) atoms. The molecule has 0 bridgehead atoms. The summed E-state index contributed by atoms with van der Waals surface area (Å²) in [6, 6.07) is 4.17. The lowest BCUT2D eigenvalue weighted by molar-refractivity contribution is 0.208. The Morgan fingerprint density at radius 1 is 1.50 bits per heavy atom. The lowest BCUT2D eigenvalue weighted by Crippen LogP contribution is -2.15. The van der Waals surface area contributed by atoms with E-state index in [-0.39, 0.29) is 11.9 Å². The van der Waals surface area contributed by atoms with Gasteiger partial charge in [-0.05, 0) is 51.6 Å². The summed E-state index contributed by atoms with van der Waals surface area (Å²) in [6.07, 6.45) is 2.06. The van der Waals surface area contributed by atoms with Crippen LogP contribution in [0.4, 0.5) is 4.39 Å². The molecule has 2 nitrogen and oxygen atoms in total. The van der Waals surface area contributed by atoms with Crippen molar-refractivity contribution in [2.75, 3.05) is 13.6 Å². The van der Waals surface area contributed by atoms with Crippen molar-refractivity contribution in [3.63, 3.8) is 0 Å². The van der Waals surface area contributed by atoms with E-state index >= 15 is 0 Å². The minimum absolute atomic E-state index is 0.0799. The standard InChI is InChI=1S/C12H17ClFNO/c1-9(4-3-7-15-2)16-12-6-5-10(14)8-11(12)13/h5-6,8-9,15H,3-4,7H2,1-2H3. The molecule has 0 aromatic heterocycles. The lowest BCUT2D eigenvalue weighted by Gasteiger charge is -2.15. The van der Waals surface area contributed by atoms with Crippen molar-refractivity contribution >= 4 is 11.6 Å². The summed E-state index contributed by atoms with van der Waals surface area (Å²) in [5.41, 5.74) is 0. The van der Waals surface area contributed by atoms with Crippen LogP contribution in [-0.4, -0.2) is 19.7 Å². The zero-order valence-corrected chi connectivity index (χ0v) is 10.4. The molecule has 1 atom stereocenters. The van der Waals surface area contributed by atoms with Crippen LogP contribution < -0.4 is 10.1 Å². The second kappa shape index (κ2) is 6.71. The monoisotopic (exact) mass is 245 g/mol. The van der Waals surface area contributed by atoms with Gasteiger partial charge in [-0.15, -0.1) is 0 Å². The Kier molecular flexibility index (Phi) is 5.56. The molecule has 1 N–H and O–H groups in total. The van der Waals surface area contributed by atoms with Gasteiger partial charge in [0.1, 0.15) is 11.6 Å². The molecule has 0 aliphatic rings. The Bertz CT molecular complexity index is 333. The van der Waals surface area contributed by atoms with E-state index in [0.717, 1.165) is 19.4 Å². The fourth-order valence-electron chi connectivity index (χ4n) is 1.41. The fourth-order valence-corrected chi connectivity index (χ4v) is 1.62. The predicted molar refractivity (Wildman–Crippen MR) is 64.7 cm³/mol. The molecular formula is C12H17ClFNO. The van der Waals surface area contributed by atoms with Gasteiger partial charge in [-0.25, -0.2) is 4.39 Å². The number of halogens is 2. The van der Waals surface area contributed by atoms with Gasteiger partial charge in [0.25, 0.3) is 0 Å². The molecule has 0 aliphatic carbocycles. The van der Waals surface area contributed by atoms with Crippen molar-refractivity contribution in [3.8, 4) is 5.75 Å². The van der Waals surface area contributed by atoms with E-state index in [2.05, 4.69) is 5.32 Å². The fraction of sp³-hybridized carbons (Fsp3) is 0.500. The number of rotatable bonds is 6. The number of benzene rings is 1. The van der Waals surface area contributed by atoms with E-state index in [1.165, 1.54) is 12.1 Å². The molecule has 0 fully saturated rings. The average Bonchev–Trinajstić information content (AvgIpc) is 2.23. The van der Waals surface area contributed by atoms with E-state index in [1.807, 2.05) is 14.0 Å². The van der Waals surface area contributed by atoms with E-state index in [4.69, 9.17) is 16.3 Å². The smallest absolute Gasteiger partial charge is 0.138 e. The van der Waals surface area contributed by atoms with Gasteiger partial charge < -0.3 is 10.1 Å². The molecule has 90 valence electrons. The molecule has 0 spiro atoms. The van der Waals surface area contributed by atoms with Crippen LogP contribution in [0.25, 0.3) is 0 Å². The van der Waals surface area contributed by atoms with E-state index < -0.39 is 0 Å². The maximum absolute atomic E-state index is 12.8. The molecular weight excluding hydrogens is 229 g/mol. The first kappa shape index (κ1) is 13.3. The molecule has 4 heteroatoms. The Morgan fingerprint density at radius 3 is 2.88 bits per heavy atom. The van der Waals surface area contributed by atoms with Gasteiger partial charge in [0.2, 0.25) is 0 Å². The van der Waals surface area contributed by atoms with Gasteiger partial charge in [0.05, 0.1) is 11.1 Å². The van der Waals surface area contributed by atoms with Crippen LogP contribution in [0, 0.1) is 5.82 Å². The Hall–Kier alpha value is -0.800. The summed E-state index contributed by atoms with van der Waals surface area (Å²) in [7, 11) is 1.92. The average molecular weight is 246 g/mol. The summed E-state index contributed by atoms with van der Waals surface area (Å²) in [5, 5.41) is 3.39. The van der Waals surface area contributed by atoms with Gasteiger partial charge in [-0.2, -0.15) is 0 Å². The molecule has 0 saturated carbocycles. The molecule has 1 rings (SSSR count). The highest BCUT2D eigenvalue weighted by atomic mass is 35.5. The first-order chi connectivity index (χ1) is 7.63. The maximum Gasteiger partial charge on any atom is 0.138 e. The zero-order valence-electron chi connectivity index (χ0n) is 9.59. The molecule has 1 aromatic carbocycles. The molecule has 0 heterocycles. The third kappa shape index (κ3) is 4.37. The van der Waals surface area contributed by atoms with Crippen LogP contribution in [0.5, 0.6) is 5.75 Å². The van der Waals surface area contributed by atoms with Crippen LogP contribution in [0.15, 0.2) is 18.2 Å². The van der Waals surface area contributed by atoms with Gasteiger partial charge in [-0.3, -0.25) is 0 Å². The molecule has 0 radical (unpaired) electrons. The van der Waals surface area contributed by atoms with Crippen LogP contribution in [0.1, 0.15) is 19.8 Å². The minimum atomic E-state index is -0.347. The van der Waals surface area contributed by atoms with Crippen molar-refractivity contribution in [2.24, 2.45) is 0 Å². The highest BCUT2D eigenvalue weighted by molar-refractivity contribution is 6.32. The first-order valence-corrected chi connectivity index (χ1v) is 5.77. The van der Waals surface area contributed by atoms with E-state index in [1.54, 1.807) is 6.07 Å². The quantitative estimate of drug-likeness (QED) is 0.777. The number of hydrogen-bond acceptors (Lipinski definition) is 2. The van der Waals surface area contributed by atoms with Crippen LogP contribution in [-0.2, 0) is 0 Å². The van der Waals surface area contributed by atoms with Crippen LogP contribution >= 0.6 is 11.6 Å². The Labute approximate surface area is 101 Å². The number of nitrogens with one attached hydrogen (secondary N) is 1. The summed E-state index contributed by atoms with van der Waals surface area (Å²) in [6.45, 7) is 2.94. The summed E-state index contributed by atoms with van der Waals surface area (Å²) < 4.78 is 18.4. The maximum atomic E-state index is 12.8. The minimum Gasteiger partial charge on any atom is -0.489 e. The van der Waals surface area contributed by atoms with Crippen molar-refractivity contribution < 1.29 is 9.13 Å². The molecule has 1 aromatic rings. The molecule has 0 aliphatic heterocycles. The SMILES string of the molecule is CNCCCC(C)Oc1ccc(F)cc1Cl. The number of ether oxygens (including phenoxy) is 1. The topological polar surface area (TPSA) is 21.3 Å². The molecule has 1 unspecified atom stereocenters. The van der Waals surface area contributed by atoms with Crippen molar-refractivity contribution in [1.82, 2.24) is 5.32 Å². The van der Waals surface area contributed by atoms with E-state index in [0.29, 0.717) is 10.8 Å². The largest absolute Gasteiger partial charge is 0.489 e. The third-order valence-corrected chi connectivity index (χ3v) is 2.55. The number of hydrogen-bond donors (Lipinski definition) is 1.